The Morgan fingerprint density at radius 1 is 1.08 bits per heavy atom. The van der Waals surface area contributed by atoms with Gasteiger partial charge in [-0.3, -0.25) is 9.78 Å². The molecule has 4 heterocycles. The molecule has 0 aliphatic carbocycles. The van der Waals surface area contributed by atoms with E-state index in [1.165, 1.54) is 16.1 Å². The summed E-state index contributed by atoms with van der Waals surface area (Å²) in [5.74, 6) is 0.326. The molecule has 0 aliphatic heterocycles. The van der Waals surface area contributed by atoms with E-state index in [0.29, 0.717) is 35.2 Å². The third kappa shape index (κ3) is 5.20. The molecule has 5 aromatic rings. The first-order valence-electron chi connectivity index (χ1n) is 11.4. The van der Waals surface area contributed by atoms with Gasteiger partial charge in [0.1, 0.15) is 17.9 Å². The van der Waals surface area contributed by atoms with E-state index in [-0.39, 0.29) is 18.1 Å². The highest BCUT2D eigenvalue weighted by Gasteiger charge is 2.19. The summed E-state index contributed by atoms with van der Waals surface area (Å²) in [6.45, 7) is 3.33. The zero-order valence-electron chi connectivity index (χ0n) is 19.6. The van der Waals surface area contributed by atoms with Gasteiger partial charge in [0.05, 0.1) is 11.4 Å². The van der Waals surface area contributed by atoms with Crippen LogP contribution >= 0.6 is 0 Å². The number of nitrogens with one attached hydrogen (secondary N) is 1. The van der Waals surface area contributed by atoms with E-state index < -0.39 is 5.91 Å². The van der Waals surface area contributed by atoms with Gasteiger partial charge < -0.3 is 20.3 Å². The molecule has 5 rings (SSSR count). The number of nitrogens with zero attached hydrogens (tertiary/aromatic N) is 6. The van der Waals surface area contributed by atoms with Gasteiger partial charge in [0, 0.05) is 18.7 Å². The minimum atomic E-state index is -0.689. The van der Waals surface area contributed by atoms with E-state index in [9.17, 15) is 4.79 Å². The van der Waals surface area contributed by atoms with Crippen molar-refractivity contribution in [3.8, 4) is 17.4 Å². The number of carbonyl (C=O) groups is 1. The van der Waals surface area contributed by atoms with Crippen molar-refractivity contribution in [2.45, 2.75) is 26.5 Å². The fraction of sp³-hybridized carbons (Fsp3) is 0.200. The van der Waals surface area contributed by atoms with Crippen LogP contribution in [0, 0.1) is 6.92 Å². The smallest absolute Gasteiger partial charge is 0.254 e. The van der Waals surface area contributed by atoms with E-state index in [1.54, 1.807) is 13.0 Å². The summed E-state index contributed by atoms with van der Waals surface area (Å²) in [6.07, 6.45) is 0.937. The van der Waals surface area contributed by atoms with Crippen molar-refractivity contribution in [3.63, 3.8) is 0 Å². The lowest BCUT2D eigenvalue weighted by atomic mass is 10.1. The van der Waals surface area contributed by atoms with Gasteiger partial charge in [-0.1, -0.05) is 41.6 Å². The minimum absolute atomic E-state index is 0.0458. The standard InChI is InChI=1S/C25H24N8O3/c1-16-12-21(32-36-16)24-30-29-22-13-20(23(26)34)25(31-33(22)24)35-15-19-9-5-8-18(28-19)14-27-11-10-17-6-3-2-4-7-17/h2-9,12-13,27H,10-11,14-15H2,1H3,(H2,26,34). The average Bonchev–Trinajstić information content (AvgIpc) is 3.51. The van der Waals surface area contributed by atoms with Gasteiger partial charge in [-0.05, 0) is 37.6 Å². The lowest BCUT2D eigenvalue weighted by molar-refractivity contribution is 0.0994. The van der Waals surface area contributed by atoms with Crippen molar-refractivity contribution in [1.29, 1.82) is 0 Å². The van der Waals surface area contributed by atoms with Gasteiger partial charge in [-0.15, -0.1) is 15.3 Å². The highest BCUT2D eigenvalue weighted by molar-refractivity contribution is 5.96. The van der Waals surface area contributed by atoms with Gasteiger partial charge in [-0.25, -0.2) is 0 Å². The van der Waals surface area contributed by atoms with Gasteiger partial charge in [0.15, 0.2) is 11.3 Å². The lowest BCUT2D eigenvalue weighted by Gasteiger charge is -2.10. The largest absolute Gasteiger partial charge is 0.470 e. The van der Waals surface area contributed by atoms with Crippen molar-refractivity contribution < 1.29 is 14.1 Å². The predicted molar refractivity (Wildman–Crippen MR) is 130 cm³/mol. The van der Waals surface area contributed by atoms with Crippen molar-refractivity contribution in [2.24, 2.45) is 5.73 Å². The molecule has 11 heteroatoms. The number of rotatable bonds is 10. The maximum atomic E-state index is 12.1. The fourth-order valence-corrected chi connectivity index (χ4v) is 3.67. The first-order chi connectivity index (χ1) is 17.6. The highest BCUT2D eigenvalue weighted by Crippen LogP contribution is 2.22. The minimum Gasteiger partial charge on any atom is -0.470 e. The van der Waals surface area contributed by atoms with Crippen LogP contribution in [0.15, 0.2) is 65.2 Å². The van der Waals surface area contributed by atoms with Crippen LogP contribution < -0.4 is 15.8 Å². The molecular formula is C25H24N8O3. The second kappa shape index (κ2) is 10.3. The Labute approximate surface area is 206 Å². The molecule has 3 N–H and O–H groups in total. The Balaban J connectivity index is 1.28. The normalized spacial score (nSPS) is 11.1. The number of nitrogens with two attached hydrogens (primary N) is 1. The number of carbonyl (C=O) groups excluding carboxylic acids is 1. The molecule has 0 fully saturated rings. The number of ether oxygens (including phenoxy) is 1. The Morgan fingerprint density at radius 2 is 1.92 bits per heavy atom. The lowest BCUT2D eigenvalue weighted by Crippen LogP contribution is -2.18. The van der Waals surface area contributed by atoms with Crippen LogP contribution in [0.2, 0.25) is 0 Å². The summed E-state index contributed by atoms with van der Waals surface area (Å²) >= 11 is 0. The third-order valence-corrected chi connectivity index (χ3v) is 5.44. The quantitative estimate of drug-likeness (QED) is 0.285. The van der Waals surface area contributed by atoms with E-state index in [2.05, 4.69) is 42.9 Å². The van der Waals surface area contributed by atoms with Crippen LogP contribution in [0.4, 0.5) is 0 Å². The Hall–Kier alpha value is -4.64. The molecule has 0 aliphatic rings. The molecule has 0 unspecified atom stereocenters. The first-order valence-corrected chi connectivity index (χ1v) is 11.4. The van der Waals surface area contributed by atoms with Gasteiger partial charge in [0.2, 0.25) is 11.7 Å². The summed E-state index contributed by atoms with van der Waals surface area (Å²) in [5.41, 5.74) is 9.29. The maximum Gasteiger partial charge on any atom is 0.254 e. The number of primary amides is 1. The molecule has 36 heavy (non-hydrogen) atoms. The molecule has 1 aromatic carbocycles. The van der Waals surface area contributed by atoms with Crippen molar-refractivity contribution in [1.82, 2.24) is 35.3 Å². The van der Waals surface area contributed by atoms with Gasteiger partial charge in [-0.2, -0.15) is 4.52 Å². The zero-order chi connectivity index (χ0) is 24.9. The van der Waals surface area contributed by atoms with Crippen LogP contribution in [0.25, 0.3) is 17.2 Å². The summed E-state index contributed by atoms with van der Waals surface area (Å²) in [4.78, 5) is 16.7. The molecule has 0 atom stereocenters. The maximum absolute atomic E-state index is 12.1. The molecule has 0 radical (unpaired) electrons. The number of hydrogen-bond donors (Lipinski definition) is 2. The molecule has 4 aromatic heterocycles. The molecule has 0 spiro atoms. The summed E-state index contributed by atoms with van der Waals surface area (Å²) in [6, 6.07) is 19.2. The average molecular weight is 485 g/mol. The Morgan fingerprint density at radius 3 is 2.69 bits per heavy atom. The number of pyridine rings is 1. The van der Waals surface area contributed by atoms with Crippen LogP contribution in [0.5, 0.6) is 5.88 Å². The highest BCUT2D eigenvalue weighted by atomic mass is 16.5. The summed E-state index contributed by atoms with van der Waals surface area (Å²) in [5, 5.41) is 19.9. The number of fused-ring (bicyclic) bond motifs is 1. The fourth-order valence-electron chi connectivity index (χ4n) is 3.67. The van der Waals surface area contributed by atoms with E-state index in [1.807, 2.05) is 36.4 Å². The van der Waals surface area contributed by atoms with E-state index in [0.717, 1.165) is 18.7 Å². The Kier molecular flexibility index (Phi) is 6.63. The van der Waals surface area contributed by atoms with Gasteiger partial charge in [0.25, 0.3) is 5.91 Å². The SMILES string of the molecule is Cc1cc(-c2nnc3cc(C(N)=O)c(OCc4cccc(CNCCc5ccccc5)n4)nn23)no1. The van der Waals surface area contributed by atoms with E-state index >= 15 is 0 Å². The molecule has 0 saturated heterocycles. The number of amides is 1. The van der Waals surface area contributed by atoms with Crippen molar-refractivity contribution >= 4 is 11.6 Å². The predicted octanol–water partition coefficient (Wildman–Crippen LogP) is 2.49. The number of hydrogen-bond acceptors (Lipinski definition) is 9. The molecule has 182 valence electrons. The topological polar surface area (TPSA) is 146 Å². The van der Waals surface area contributed by atoms with Crippen LogP contribution in [0.1, 0.15) is 33.1 Å². The van der Waals surface area contributed by atoms with Gasteiger partial charge >= 0.3 is 0 Å². The molecule has 0 bridgehead atoms. The third-order valence-electron chi connectivity index (χ3n) is 5.44. The first kappa shape index (κ1) is 23.1. The van der Waals surface area contributed by atoms with E-state index in [4.69, 9.17) is 15.0 Å². The zero-order valence-corrected chi connectivity index (χ0v) is 19.6. The van der Waals surface area contributed by atoms with Crippen LogP contribution in [-0.2, 0) is 19.6 Å². The molecular weight excluding hydrogens is 460 g/mol. The van der Waals surface area contributed by atoms with Crippen LogP contribution in [0.3, 0.4) is 0 Å². The Bertz CT molecular complexity index is 1500. The summed E-state index contributed by atoms with van der Waals surface area (Å²) < 4.78 is 12.4. The molecule has 1 amide bonds. The van der Waals surface area contributed by atoms with Crippen molar-refractivity contribution in [3.05, 3.63) is 88.9 Å². The van der Waals surface area contributed by atoms with Crippen molar-refractivity contribution in [2.75, 3.05) is 6.54 Å². The number of aromatic nitrogens is 6. The second-order valence-electron chi connectivity index (χ2n) is 8.17. The summed E-state index contributed by atoms with van der Waals surface area (Å²) in [7, 11) is 0. The number of benzene rings is 1. The monoisotopic (exact) mass is 484 g/mol. The molecule has 0 saturated carbocycles. The van der Waals surface area contributed by atoms with Crippen LogP contribution in [-0.4, -0.2) is 42.4 Å². The second-order valence-corrected chi connectivity index (χ2v) is 8.17. The number of aryl methyl sites for hydroxylation is 1. The molecule has 11 nitrogen and oxygen atoms in total.